The molecule has 242 valence electrons. The molecule has 0 bridgehead atoms. The number of carbonyl (C=O) groups excluding carboxylic acids is 2. The van der Waals surface area contributed by atoms with E-state index in [0.717, 1.165) is 53.8 Å². The van der Waals surface area contributed by atoms with Crippen molar-refractivity contribution in [3.63, 3.8) is 0 Å². The maximum absolute atomic E-state index is 13.5. The molecule has 2 aromatic carbocycles. The van der Waals surface area contributed by atoms with Gasteiger partial charge in [0.2, 0.25) is 23.0 Å². The average Bonchev–Trinajstić information content (AvgIpc) is 3.32. The Hall–Kier alpha value is -5.13. The number of carbonyl (C=O) groups is 2. The Morgan fingerprint density at radius 3 is 2.57 bits per heavy atom. The summed E-state index contributed by atoms with van der Waals surface area (Å²) in [5.41, 5.74) is 3.88. The van der Waals surface area contributed by atoms with Gasteiger partial charge in [-0.1, -0.05) is 18.6 Å². The van der Waals surface area contributed by atoms with Crippen LogP contribution >= 0.6 is 0 Å². The standard InChI is InChI=1S/C34H40N6O6/c1-21(41)37-25-14-12-22-18-28(44-2)33(45-3)34(46-4)32(22)23-13-15-26(27(42)19-24(23)25)36-20-31(43)35-16-8-5-6-10-29-38-39-30-11-7-9-17-40(29)30/h7,9,11,13,15,17-19,25H,5-6,8,10,12,14,16,20H2,1-4H3,(H,35,43)(H,36,42)(H,37,41). The van der Waals surface area contributed by atoms with Crippen molar-refractivity contribution in [1.29, 1.82) is 0 Å². The molecule has 46 heavy (non-hydrogen) atoms. The van der Waals surface area contributed by atoms with E-state index in [1.807, 2.05) is 40.9 Å². The average molecular weight is 629 g/mol. The molecule has 2 amide bonds. The number of pyridine rings is 1. The lowest BCUT2D eigenvalue weighted by molar-refractivity contribution is -0.120. The molecule has 12 nitrogen and oxygen atoms in total. The fourth-order valence-electron chi connectivity index (χ4n) is 5.97. The number of aromatic nitrogens is 3. The summed E-state index contributed by atoms with van der Waals surface area (Å²) in [6.07, 6.45) is 6.61. The number of nitrogens with one attached hydrogen (secondary N) is 3. The van der Waals surface area contributed by atoms with Crippen LogP contribution < -0.4 is 35.6 Å². The van der Waals surface area contributed by atoms with Crippen LogP contribution in [0.4, 0.5) is 5.69 Å². The molecule has 12 heteroatoms. The van der Waals surface area contributed by atoms with Gasteiger partial charge in [0, 0.05) is 31.6 Å². The number of aryl methyl sites for hydroxylation is 2. The minimum atomic E-state index is -0.415. The van der Waals surface area contributed by atoms with Gasteiger partial charge in [0.05, 0.1) is 39.6 Å². The Kier molecular flexibility index (Phi) is 10.4. The first-order chi connectivity index (χ1) is 22.3. The van der Waals surface area contributed by atoms with E-state index in [2.05, 4.69) is 26.1 Å². The van der Waals surface area contributed by atoms with E-state index in [1.54, 1.807) is 27.4 Å². The number of amides is 2. The maximum atomic E-state index is 13.5. The number of nitrogens with zero attached hydrogens (tertiary/aromatic N) is 3. The van der Waals surface area contributed by atoms with Gasteiger partial charge in [0.25, 0.3) is 0 Å². The van der Waals surface area contributed by atoms with Crippen LogP contribution in [0.5, 0.6) is 17.2 Å². The summed E-state index contributed by atoms with van der Waals surface area (Å²) in [6.45, 7) is 1.92. The fraction of sp³-hybridized carbons (Fsp3) is 0.382. The third-order valence-electron chi connectivity index (χ3n) is 8.14. The Labute approximate surface area is 267 Å². The molecule has 0 saturated carbocycles. The van der Waals surface area contributed by atoms with Crippen LogP contribution in [-0.4, -0.2) is 60.8 Å². The van der Waals surface area contributed by atoms with E-state index in [-0.39, 0.29) is 29.5 Å². The highest BCUT2D eigenvalue weighted by atomic mass is 16.5. The van der Waals surface area contributed by atoms with E-state index in [4.69, 9.17) is 14.2 Å². The van der Waals surface area contributed by atoms with Gasteiger partial charge in [-0.2, -0.15) is 0 Å². The number of anilines is 1. The molecule has 1 atom stereocenters. The normalized spacial score (nSPS) is 13.6. The molecular weight excluding hydrogens is 588 g/mol. The van der Waals surface area contributed by atoms with Gasteiger partial charge in [-0.25, -0.2) is 0 Å². The van der Waals surface area contributed by atoms with Crippen molar-refractivity contribution in [1.82, 2.24) is 25.2 Å². The van der Waals surface area contributed by atoms with E-state index >= 15 is 0 Å². The number of unbranched alkanes of at least 4 members (excludes halogenated alkanes) is 2. The Bertz CT molecular complexity index is 1790. The van der Waals surface area contributed by atoms with Crippen molar-refractivity contribution < 1.29 is 23.8 Å². The summed E-state index contributed by atoms with van der Waals surface area (Å²) >= 11 is 0. The minimum Gasteiger partial charge on any atom is -0.493 e. The molecule has 4 aromatic rings. The van der Waals surface area contributed by atoms with E-state index in [9.17, 15) is 14.4 Å². The van der Waals surface area contributed by atoms with Gasteiger partial charge < -0.3 is 30.2 Å². The van der Waals surface area contributed by atoms with Crippen molar-refractivity contribution in [3.05, 3.63) is 75.8 Å². The second-order valence-corrected chi connectivity index (χ2v) is 11.2. The van der Waals surface area contributed by atoms with Gasteiger partial charge in [0.1, 0.15) is 5.82 Å². The van der Waals surface area contributed by atoms with Crippen molar-refractivity contribution in [2.24, 2.45) is 0 Å². The molecule has 2 aromatic heterocycles. The van der Waals surface area contributed by atoms with Crippen LogP contribution in [0.3, 0.4) is 0 Å². The van der Waals surface area contributed by atoms with Gasteiger partial charge in [-0.15, -0.1) is 10.2 Å². The van der Waals surface area contributed by atoms with Crippen LogP contribution in [0.15, 0.2) is 53.5 Å². The monoisotopic (exact) mass is 628 g/mol. The highest BCUT2D eigenvalue weighted by Gasteiger charge is 2.29. The van der Waals surface area contributed by atoms with Crippen LogP contribution in [0.1, 0.15) is 55.6 Å². The maximum Gasteiger partial charge on any atom is 0.239 e. The smallest absolute Gasteiger partial charge is 0.239 e. The lowest BCUT2D eigenvalue weighted by Crippen LogP contribution is -2.31. The van der Waals surface area contributed by atoms with Crippen molar-refractivity contribution >= 4 is 23.1 Å². The zero-order valence-corrected chi connectivity index (χ0v) is 26.6. The summed E-state index contributed by atoms with van der Waals surface area (Å²) in [4.78, 5) is 38.3. The molecule has 0 radical (unpaired) electrons. The van der Waals surface area contributed by atoms with Gasteiger partial charge in [0.15, 0.2) is 17.1 Å². The topological polar surface area (TPSA) is 145 Å². The number of ether oxygens (including phenoxy) is 3. The third-order valence-corrected chi connectivity index (χ3v) is 8.14. The minimum absolute atomic E-state index is 0.0598. The Morgan fingerprint density at radius 2 is 1.80 bits per heavy atom. The SMILES string of the molecule is COc1cc2c(c(OC)c1OC)-c1ccc(NCC(=O)NCCCCCc3nnc4ccccn34)c(=O)cc1C(NC(C)=O)CC2. The first-order valence-electron chi connectivity index (χ1n) is 15.4. The van der Waals surface area contributed by atoms with Crippen LogP contribution in [0, 0.1) is 0 Å². The summed E-state index contributed by atoms with van der Waals surface area (Å²) in [7, 11) is 4.66. The van der Waals surface area contributed by atoms with Crippen LogP contribution in [-0.2, 0) is 22.4 Å². The molecular formula is C34H40N6O6. The molecule has 1 aliphatic carbocycles. The fourth-order valence-corrected chi connectivity index (χ4v) is 5.97. The summed E-state index contributed by atoms with van der Waals surface area (Å²) < 4.78 is 19.0. The zero-order chi connectivity index (χ0) is 32.6. The number of benzene rings is 1. The van der Waals surface area contributed by atoms with Gasteiger partial charge in [-0.3, -0.25) is 18.8 Å². The molecule has 0 saturated heterocycles. The highest BCUT2D eigenvalue weighted by molar-refractivity contribution is 5.84. The van der Waals surface area contributed by atoms with Crippen molar-refractivity contribution in [2.45, 2.75) is 51.5 Å². The quantitative estimate of drug-likeness (QED) is 0.188. The lowest BCUT2D eigenvalue weighted by Gasteiger charge is -2.19. The zero-order valence-electron chi connectivity index (χ0n) is 26.6. The third kappa shape index (κ3) is 7.06. The van der Waals surface area contributed by atoms with Gasteiger partial charge in [-0.05, 0) is 72.7 Å². The Morgan fingerprint density at radius 1 is 0.978 bits per heavy atom. The predicted molar refractivity (Wildman–Crippen MR) is 175 cm³/mol. The number of hydrogen-bond acceptors (Lipinski definition) is 9. The van der Waals surface area contributed by atoms with Crippen molar-refractivity contribution in [2.75, 3.05) is 39.7 Å². The molecule has 0 fully saturated rings. The van der Waals surface area contributed by atoms with Crippen LogP contribution in [0.2, 0.25) is 0 Å². The first kappa shape index (κ1) is 32.3. The summed E-state index contributed by atoms with van der Waals surface area (Å²) in [5.74, 6) is 1.95. The molecule has 1 aliphatic rings. The molecule has 2 heterocycles. The second kappa shape index (κ2) is 14.8. The predicted octanol–water partition coefficient (Wildman–Crippen LogP) is 3.85. The lowest BCUT2D eigenvalue weighted by atomic mass is 9.95. The molecule has 1 unspecified atom stereocenters. The molecule has 0 spiro atoms. The number of rotatable bonds is 13. The largest absolute Gasteiger partial charge is 0.493 e. The van der Waals surface area contributed by atoms with E-state index in [1.165, 1.54) is 13.0 Å². The first-order valence-corrected chi connectivity index (χ1v) is 15.4. The van der Waals surface area contributed by atoms with E-state index in [0.29, 0.717) is 42.2 Å². The number of methoxy groups -OCH3 is 3. The highest BCUT2D eigenvalue weighted by Crippen LogP contribution is 2.50. The molecule has 3 N–H and O–H groups in total. The summed E-state index contributed by atoms with van der Waals surface area (Å²) in [5, 5.41) is 17.4. The number of fused-ring (bicyclic) bond motifs is 4. The second-order valence-electron chi connectivity index (χ2n) is 11.2. The number of hydrogen-bond donors (Lipinski definition) is 3. The van der Waals surface area contributed by atoms with Crippen molar-refractivity contribution in [3.8, 4) is 28.4 Å². The van der Waals surface area contributed by atoms with E-state index < -0.39 is 6.04 Å². The van der Waals surface area contributed by atoms with Gasteiger partial charge >= 0.3 is 0 Å². The summed E-state index contributed by atoms with van der Waals surface area (Å²) in [6, 6.07) is 12.3. The molecule has 5 rings (SSSR count). The molecule has 0 aliphatic heterocycles. The Balaban J connectivity index is 1.27. The van der Waals surface area contributed by atoms with Crippen LogP contribution in [0.25, 0.3) is 16.8 Å².